The third-order valence-corrected chi connectivity index (χ3v) is 4.69. The van der Waals surface area contributed by atoms with Crippen molar-refractivity contribution in [1.29, 1.82) is 0 Å². The molecule has 1 aliphatic rings. The zero-order chi connectivity index (χ0) is 14.6. The Hall–Kier alpha value is -1.40. The smallest absolute Gasteiger partial charge is 0.240 e. The standard InChI is InChI=1S/C14H20N2O3S/c15-20(18,19)13-8-4-3-7-12(13)16-14(17)10-9-11-5-1-2-6-11/h3-4,7-8,11H,1-2,5-6,9-10H2,(H,16,17)(H2,15,18,19). The number of nitrogens with two attached hydrogens (primary N) is 1. The van der Waals surface area contributed by atoms with Crippen molar-refractivity contribution in [2.24, 2.45) is 11.1 Å². The van der Waals surface area contributed by atoms with E-state index in [9.17, 15) is 13.2 Å². The van der Waals surface area contributed by atoms with Crippen molar-refractivity contribution in [1.82, 2.24) is 0 Å². The summed E-state index contributed by atoms with van der Waals surface area (Å²) < 4.78 is 22.9. The van der Waals surface area contributed by atoms with E-state index in [1.807, 2.05) is 0 Å². The van der Waals surface area contributed by atoms with Crippen LogP contribution in [0.2, 0.25) is 0 Å². The van der Waals surface area contributed by atoms with E-state index in [0.717, 1.165) is 6.42 Å². The molecule has 1 amide bonds. The van der Waals surface area contributed by atoms with Crippen LogP contribution < -0.4 is 10.5 Å². The van der Waals surface area contributed by atoms with Gasteiger partial charge in [0.25, 0.3) is 0 Å². The number of hydrogen-bond acceptors (Lipinski definition) is 3. The maximum absolute atomic E-state index is 11.9. The summed E-state index contributed by atoms with van der Waals surface area (Å²) in [5.74, 6) is 0.474. The number of sulfonamides is 1. The van der Waals surface area contributed by atoms with Crippen molar-refractivity contribution in [2.75, 3.05) is 5.32 Å². The van der Waals surface area contributed by atoms with Crippen molar-refractivity contribution in [3.8, 4) is 0 Å². The molecule has 1 saturated carbocycles. The van der Waals surface area contributed by atoms with Crippen LogP contribution in [0.5, 0.6) is 0 Å². The van der Waals surface area contributed by atoms with Gasteiger partial charge in [-0.1, -0.05) is 37.8 Å². The molecule has 2 rings (SSSR count). The Morgan fingerprint density at radius 2 is 1.90 bits per heavy atom. The normalized spacial score (nSPS) is 16.2. The molecule has 1 fully saturated rings. The lowest BCUT2D eigenvalue weighted by atomic mass is 10.0. The number of carbonyl (C=O) groups excluding carboxylic acids is 1. The van der Waals surface area contributed by atoms with E-state index >= 15 is 0 Å². The first-order valence-corrected chi connectivity index (χ1v) is 8.43. The van der Waals surface area contributed by atoms with E-state index in [1.165, 1.54) is 31.7 Å². The zero-order valence-electron chi connectivity index (χ0n) is 11.3. The minimum absolute atomic E-state index is 0.0470. The van der Waals surface area contributed by atoms with Gasteiger partial charge in [0.1, 0.15) is 4.90 Å². The molecule has 110 valence electrons. The molecule has 1 aromatic carbocycles. The third-order valence-electron chi connectivity index (χ3n) is 3.72. The van der Waals surface area contributed by atoms with E-state index < -0.39 is 10.0 Å². The van der Waals surface area contributed by atoms with Gasteiger partial charge in [0.15, 0.2) is 0 Å². The Morgan fingerprint density at radius 1 is 1.25 bits per heavy atom. The number of amides is 1. The molecule has 0 spiro atoms. The molecule has 0 aliphatic heterocycles. The highest BCUT2D eigenvalue weighted by Gasteiger charge is 2.18. The van der Waals surface area contributed by atoms with Gasteiger partial charge in [0.05, 0.1) is 5.69 Å². The molecule has 5 nitrogen and oxygen atoms in total. The molecule has 0 bridgehead atoms. The van der Waals surface area contributed by atoms with Crippen LogP contribution in [0.4, 0.5) is 5.69 Å². The van der Waals surface area contributed by atoms with Crippen LogP contribution in [-0.4, -0.2) is 14.3 Å². The zero-order valence-corrected chi connectivity index (χ0v) is 12.2. The van der Waals surface area contributed by atoms with Crippen molar-refractivity contribution < 1.29 is 13.2 Å². The topological polar surface area (TPSA) is 89.3 Å². The summed E-state index contributed by atoms with van der Waals surface area (Å²) in [4.78, 5) is 11.9. The first-order valence-electron chi connectivity index (χ1n) is 6.88. The number of para-hydroxylation sites is 1. The Labute approximate surface area is 119 Å². The molecule has 3 N–H and O–H groups in total. The molecule has 20 heavy (non-hydrogen) atoms. The van der Waals surface area contributed by atoms with Crippen molar-refractivity contribution in [3.63, 3.8) is 0 Å². The molecule has 0 radical (unpaired) electrons. The number of nitrogens with one attached hydrogen (secondary N) is 1. The summed E-state index contributed by atoms with van der Waals surface area (Å²) in [6.07, 6.45) is 6.18. The largest absolute Gasteiger partial charge is 0.325 e. The van der Waals surface area contributed by atoms with E-state index in [2.05, 4.69) is 5.32 Å². The van der Waals surface area contributed by atoms with Crippen LogP contribution in [0.25, 0.3) is 0 Å². The lowest BCUT2D eigenvalue weighted by molar-refractivity contribution is -0.116. The second-order valence-electron chi connectivity index (χ2n) is 5.28. The van der Waals surface area contributed by atoms with E-state index in [0.29, 0.717) is 12.3 Å². The van der Waals surface area contributed by atoms with Crippen molar-refractivity contribution in [3.05, 3.63) is 24.3 Å². The summed E-state index contributed by atoms with van der Waals surface area (Å²) >= 11 is 0. The fourth-order valence-electron chi connectivity index (χ4n) is 2.66. The summed E-state index contributed by atoms with van der Waals surface area (Å²) in [5.41, 5.74) is 0.256. The Kier molecular flexibility index (Phi) is 4.77. The molecular weight excluding hydrogens is 276 g/mol. The van der Waals surface area contributed by atoms with Gasteiger partial charge in [-0.15, -0.1) is 0 Å². The predicted molar refractivity (Wildman–Crippen MR) is 77.6 cm³/mol. The second kappa shape index (κ2) is 6.37. The molecular formula is C14H20N2O3S. The van der Waals surface area contributed by atoms with Crippen LogP contribution in [0.15, 0.2) is 29.2 Å². The molecule has 1 aliphatic carbocycles. The van der Waals surface area contributed by atoms with Gasteiger partial charge in [-0.05, 0) is 24.5 Å². The number of rotatable bonds is 5. The quantitative estimate of drug-likeness (QED) is 0.873. The summed E-state index contributed by atoms with van der Waals surface area (Å²) in [5, 5.41) is 7.77. The van der Waals surface area contributed by atoms with Crippen molar-refractivity contribution >= 4 is 21.6 Å². The summed E-state index contributed by atoms with van der Waals surface area (Å²) in [6, 6.07) is 6.18. The van der Waals surface area contributed by atoms with Crippen molar-refractivity contribution in [2.45, 2.75) is 43.4 Å². The fraction of sp³-hybridized carbons (Fsp3) is 0.500. The fourth-order valence-corrected chi connectivity index (χ4v) is 3.36. The molecule has 0 unspecified atom stereocenters. The average molecular weight is 296 g/mol. The maximum atomic E-state index is 11.9. The van der Waals surface area contributed by atoms with Gasteiger partial charge in [0.2, 0.25) is 15.9 Å². The SMILES string of the molecule is NS(=O)(=O)c1ccccc1NC(=O)CCC1CCCC1. The van der Waals surface area contributed by atoms with E-state index in [4.69, 9.17) is 5.14 Å². The molecule has 1 aromatic rings. The van der Waals surface area contributed by atoms with Gasteiger partial charge < -0.3 is 5.32 Å². The summed E-state index contributed by atoms with van der Waals surface area (Å²) in [7, 11) is -3.82. The van der Waals surface area contributed by atoms with Crippen LogP contribution in [0, 0.1) is 5.92 Å². The van der Waals surface area contributed by atoms with Crippen LogP contribution in [-0.2, 0) is 14.8 Å². The lowest BCUT2D eigenvalue weighted by Crippen LogP contribution is -2.18. The number of benzene rings is 1. The molecule has 0 heterocycles. The molecule has 0 aromatic heterocycles. The maximum Gasteiger partial charge on any atom is 0.240 e. The monoisotopic (exact) mass is 296 g/mol. The number of anilines is 1. The van der Waals surface area contributed by atoms with E-state index in [1.54, 1.807) is 18.2 Å². The van der Waals surface area contributed by atoms with Gasteiger partial charge in [-0.2, -0.15) is 0 Å². The number of hydrogen-bond donors (Lipinski definition) is 2. The minimum Gasteiger partial charge on any atom is -0.325 e. The number of primary sulfonamides is 1. The highest BCUT2D eigenvalue weighted by molar-refractivity contribution is 7.89. The molecule has 0 saturated heterocycles. The van der Waals surface area contributed by atoms with E-state index in [-0.39, 0.29) is 16.5 Å². The number of carbonyl (C=O) groups is 1. The first kappa shape index (κ1) is 15.0. The average Bonchev–Trinajstić information content (AvgIpc) is 2.89. The molecule has 0 atom stereocenters. The van der Waals surface area contributed by atoms with Gasteiger partial charge in [-0.25, -0.2) is 13.6 Å². The Bertz CT molecular complexity index is 578. The highest BCUT2D eigenvalue weighted by Crippen LogP contribution is 2.28. The van der Waals surface area contributed by atoms with Crippen LogP contribution in [0.1, 0.15) is 38.5 Å². The first-order chi connectivity index (χ1) is 9.47. The Morgan fingerprint density at radius 3 is 2.55 bits per heavy atom. The van der Waals surface area contributed by atoms with Crippen LogP contribution >= 0.6 is 0 Å². The predicted octanol–water partition coefficient (Wildman–Crippen LogP) is 2.24. The lowest BCUT2D eigenvalue weighted by Gasteiger charge is -2.11. The second-order valence-corrected chi connectivity index (χ2v) is 6.81. The van der Waals surface area contributed by atoms with Crippen LogP contribution in [0.3, 0.4) is 0 Å². The Balaban J connectivity index is 1.97. The minimum atomic E-state index is -3.82. The van der Waals surface area contributed by atoms with Gasteiger partial charge in [-0.3, -0.25) is 4.79 Å². The highest BCUT2D eigenvalue weighted by atomic mass is 32.2. The van der Waals surface area contributed by atoms with Gasteiger partial charge >= 0.3 is 0 Å². The third kappa shape index (κ3) is 4.05. The summed E-state index contributed by atoms with van der Waals surface area (Å²) in [6.45, 7) is 0. The molecule has 6 heteroatoms. The van der Waals surface area contributed by atoms with Gasteiger partial charge in [0, 0.05) is 6.42 Å².